The van der Waals surface area contributed by atoms with Gasteiger partial charge in [0.05, 0.1) is 12.1 Å². The highest BCUT2D eigenvalue weighted by molar-refractivity contribution is 5.99. The molecular formula is C33H41FN6O9. The van der Waals surface area contributed by atoms with Gasteiger partial charge in [0.25, 0.3) is 11.8 Å². The van der Waals surface area contributed by atoms with E-state index in [-0.39, 0.29) is 68.1 Å². The predicted octanol–water partition coefficient (Wildman–Crippen LogP) is 1.68. The largest absolute Gasteiger partial charge is 0.483 e. The molecule has 1 aromatic carbocycles. The first-order valence-electron chi connectivity index (χ1n) is 16.6. The molecule has 15 nitrogen and oxygen atoms in total. The lowest BCUT2D eigenvalue weighted by molar-refractivity contribution is -0.140. The van der Waals surface area contributed by atoms with Gasteiger partial charge in [-0.05, 0) is 57.6 Å². The Labute approximate surface area is 282 Å². The molecular weight excluding hydrogens is 643 g/mol. The van der Waals surface area contributed by atoms with E-state index in [4.69, 9.17) is 9.47 Å². The van der Waals surface area contributed by atoms with Crippen molar-refractivity contribution in [2.45, 2.75) is 70.0 Å². The van der Waals surface area contributed by atoms with Crippen molar-refractivity contribution in [2.75, 3.05) is 45.9 Å². The van der Waals surface area contributed by atoms with Crippen molar-refractivity contribution in [1.82, 2.24) is 30.3 Å². The Morgan fingerprint density at radius 3 is 2.41 bits per heavy atom. The Balaban J connectivity index is 1.29. The van der Waals surface area contributed by atoms with Gasteiger partial charge in [0.1, 0.15) is 29.3 Å². The summed E-state index contributed by atoms with van der Waals surface area (Å²) in [5.74, 6) is -3.73. The van der Waals surface area contributed by atoms with Crippen molar-refractivity contribution >= 4 is 46.6 Å². The fourth-order valence-electron chi connectivity index (χ4n) is 6.12. The molecule has 49 heavy (non-hydrogen) atoms. The highest BCUT2D eigenvalue weighted by Gasteiger charge is 2.36. The minimum atomic E-state index is -1.24. The van der Waals surface area contributed by atoms with Gasteiger partial charge in [0.15, 0.2) is 6.61 Å². The summed E-state index contributed by atoms with van der Waals surface area (Å²) >= 11 is 0. The molecule has 0 unspecified atom stereocenters. The monoisotopic (exact) mass is 684 g/mol. The number of aliphatic carboxylic acids is 1. The molecule has 264 valence electrons. The number of fused-ring (bicyclic) bond motifs is 1. The molecule has 16 heteroatoms. The van der Waals surface area contributed by atoms with Gasteiger partial charge in [-0.15, -0.1) is 0 Å². The zero-order chi connectivity index (χ0) is 35.1. The second kappa shape index (κ2) is 15.9. The lowest BCUT2D eigenvalue weighted by Crippen LogP contribution is -2.56. The molecule has 0 bridgehead atoms. The third-order valence-electron chi connectivity index (χ3n) is 9.01. The van der Waals surface area contributed by atoms with E-state index in [2.05, 4.69) is 15.6 Å². The van der Waals surface area contributed by atoms with Gasteiger partial charge in [-0.1, -0.05) is 0 Å². The maximum Gasteiger partial charge on any atom is 0.409 e. The van der Waals surface area contributed by atoms with Gasteiger partial charge in [0.2, 0.25) is 11.8 Å². The summed E-state index contributed by atoms with van der Waals surface area (Å²) in [6.45, 7) is 2.53. The average molecular weight is 685 g/mol. The summed E-state index contributed by atoms with van der Waals surface area (Å²) in [5.41, 5.74) is -0.197. The molecule has 0 spiro atoms. The van der Waals surface area contributed by atoms with Crippen molar-refractivity contribution in [1.29, 1.82) is 0 Å². The summed E-state index contributed by atoms with van der Waals surface area (Å²) in [5, 5.41) is 15.2. The smallest absolute Gasteiger partial charge is 0.409 e. The molecule has 2 saturated heterocycles. The van der Waals surface area contributed by atoms with E-state index in [0.29, 0.717) is 24.8 Å². The number of likely N-dealkylation sites (tertiary alicyclic amines) is 1. The normalized spacial score (nSPS) is 18.4. The molecule has 3 heterocycles. The Bertz CT molecular complexity index is 1590. The van der Waals surface area contributed by atoms with Gasteiger partial charge >= 0.3 is 12.1 Å². The number of piperazine rings is 1. The summed E-state index contributed by atoms with van der Waals surface area (Å²) in [6.07, 6.45) is 2.97. The van der Waals surface area contributed by atoms with Crippen molar-refractivity contribution < 1.29 is 47.7 Å². The third kappa shape index (κ3) is 8.72. The fraction of sp³-hybridized carbons (Fsp3) is 0.545. The summed E-state index contributed by atoms with van der Waals surface area (Å²) in [7, 11) is 0. The minimum absolute atomic E-state index is 0.0533. The molecule has 2 aliphatic heterocycles. The van der Waals surface area contributed by atoms with E-state index in [9.17, 15) is 38.3 Å². The topological polar surface area (TPSA) is 188 Å². The highest BCUT2D eigenvalue weighted by Crippen LogP contribution is 2.28. The van der Waals surface area contributed by atoms with E-state index < -0.39 is 60.7 Å². The van der Waals surface area contributed by atoms with E-state index in [1.165, 1.54) is 32.9 Å². The third-order valence-corrected chi connectivity index (χ3v) is 9.01. The molecule has 2 aromatic rings. The van der Waals surface area contributed by atoms with E-state index in [1.807, 2.05) is 0 Å². The maximum absolute atomic E-state index is 14.3. The second-order valence-electron chi connectivity index (χ2n) is 12.3. The number of amides is 5. The first-order chi connectivity index (χ1) is 23.5. The van der Waals surface area contributed by atoms with Gasteiger partial charge in [0, 0.05) is 62.7 Å². The molecule has 0 radical (unpaired) electrons. The number of hydrogen-bond acceptors (Lipinski definition) is 9. The molecule has 3 fully saturated rings. The zero-order valence-electron chi connectivity index (χ0n) is 27.3. The first kappa shape index (κ1) is 35.3. The van der Waals surface area contributed by atoms with Gasteiger partial charge in [-0.25, -0.2) is 14.2 Å². The molecule has 1 aromatic heterocycles. The van der Waals surface area contributed by atoms with Crippen LogP contribution in [0, 0.1) is 5.82 Å². The fourth-order valence-corrected chi connectivity index (χ4v) is 6.12. The van der Waals surface area contributed by atoms with Crippen LogP contribution in [0.25, 0.3) is 10.9 Å². The first-order valence-corrected chi connectivity index (χ1v) is 16.6. The van der Waals surface area contributed by atoms with Crippen LogP contribution in [0.3, 0.4) is 0 Å². The number of carbonyl (C=O) groups excluding carboxylic acids is 5. The molecule has 3 aliphatic rings. The standard InChI is InChI=1S/C33H41FN6O9/c1-2-48-33(47)39-15-13-38(14-16-39)32(46)23(10-11-29(42)43)37-30(44)25-18-27(22-9-8-20(34)17-24(22)36-25)49-19-28(41)40-12-4-7-26(40)31(45)35-21-5-3-6-21/h8-9,17-18,21,23,26H,2-7,10-16,19H2,1H3,(H,35,45)(H,37,44)(H,42,43)/t23-,26-/m0/s1. The number of carbonyl (C=O) groups is 6. The quantitative estimate of drug-likeness (QED) is 0.297. The summed E-state index contributed by atoms with van der Waals surface area (Å²) in [4.78, 5) is 85.2. The Hall–Kier alpha value is -5.02. The van der Waals surface area contributed by atoms with Crippen molar-refractivity contribution in [3.8, 4) is 5.75 Å². The second-order valence-corrected chi connectivity index (χ2v) is 12.3. The lowest BCUT2D eigenvalue weighted by Gasteiger charge is -2.35. The van der Waals surface area contributed by atoms with Crippen LogP contribution in [0.5, 0.6) is 5.75 Å². The Morgan fingerprint density at radius 1 is 1.00 bits per heavy atom. The summed E-state index contributed by atoms with van der Waals surface area (Å²) in [6, 6.07) is 3.24. The number of nitrogens with zero attached hydrogens (tertiary/aromatic N) is 4. The summed E-state index contributed by atoms with van der Waals surface area (Å²) < 4.78 is 25.1. The average Bonchev–Trinajstić information content (AvgIpc) is 3.57. The molecule has 1 aliphatic carbocycles. The minimum Gasteiger partial charge on any atom is -0.483 e. The predicted molar refractivity (Wildman–Crippen MR) is 171 cm³/mol. The number of benzene rings is 1. The van der Waals surface area contributed by atoms with Crippen LogP contribution in [0.15, 0.2) is 24.3 Å². The highest BCUT2D eigenvalue weighted by atomic mass is 19.1. The number of carboxylic acids is 1. The van der Waals surface area contributed by atoms with Crippen LogP contribution < -0.4 is 15.4 Å². The molecule has 3 N–H and O–H groups in total. The van der Waals surface area contributed by atoms with Gasteiger partial charge < -0.3 is 39.9 Å². The maximum atomic E-state index is 14.3. The number of nitrogens with one attached hydrogen (secondary N) is 2. The number of aromatic nitrogens is 1. The lowest BCUT2D eigenvalue weighted by atomic mass is 9.93. The Kier molecular flexibility index (Phi) is 11.5. The van der Waals surface area contributed by atoms with Crippen molar-refractivity contribution in [3.63, 3.8) is 0 Å². The van der Waals surface area contributed by atoms with Gasteiger partial charge in [-0.3, -0.25) is 24.0 Å². The van der Waals surface area contributed by atoms with Crippen LogP contribution in [-0.4, -0.2) is 125 Å². The van der Waals surface area contributed by atoms with E-state index in [1.54, 1.807) is 6.92 Å². The van der Waals surface area contributed by atoms with Crippen LogP contribution in [-0.2, 0) is 23.9 Å². The number of rotatable bonds is 12. The van der Waals surface area contributed by atoms with Crippen LogP contribution in [0.1, 0.15) is 62.4 Å². The van der Waals surface area contributed by atoms with Gasteiger partial charge in [-0.2, -0.15) is 0 Å². The molecule has 2 atom stereocenters. The molecule has 5 amide bonds. The van der Waals surface area contributed by atoms with Crippen molar-refractivity contribution in [3.05, 3.63) is 35.8 Å². The van der Waals surface area contributed by atoms with Crippen LogP contribution in [0.2, 0.25) is 0 Å². The van der Waals surface area contributed by atoms with E-state index >= 15 is 0 Å². The molecule has 1 saturated carbocycles. The SMILES string of the molecule is CCOC(=O)N1CCN(C(=O)[C@H](CCC(=O)O)NC(=O)c2cc(OCC(=O)N3CCC[C@H]3C(=O)NC3CCC3)c3ccc(F)cc3n2)CC1. The van der Waals surface area contributed by atoms with Crippen LogP contribution in [0.4, 0.5) is 9.18 Å². The van der Waals surface area contributed by atoms with Crippen LogP contribution >= 0.6 is 0 Å². The molecule has 5 rings (SSSR count). The van der Waals surface area contributed by atoms with Crippen molar-refractivity contribution in [2.24, 2.45) is 0 Å². The number of halogens is 1. The van der Waals surface area contributed by atoms with E-state index in [0.717, 1.165) is 25.3 Å². The number of carboxylic acid groups (broad SMARTS) is 1. The zero-order valence-corrected chi connectivity index (χ0v) is 27.3. The Morgan fingerprint density at radius 2 is 1.73 bits per heavy atom. The number of hydrogen-bond donors (Lipinski definition) is 3. The number of pyridine rings is 1. The number of ether oxygens (including phenoxy) is 2.